The number of rotatable bonds is 2. The van der Waals surface area contributed by atoms with Gasteiger partial charge in [0, 0.05) is 5.56 Å². The summed E-state index contributed by atoms with van der Waals surface area (Å²) >= 11 is 0. The van der Waals surface area contributed by atoms with Crippen LogP contribution in [0, 0.1) is 22.7 Å². The summed E-state index contributed by atoms with van der Waals surface area (Å²) in [5.41, 5.74) is 1.34. The molecule has 0 amide bonds. The highest BCUT2D eigenvalue weighted by Gasteiger charge is 2.06. The third kappa shape index (κ3) is 1.75. The Balaban J connectivity index is 2.47. The molecule has 0 fully saturated rings. The lowest BCUT2D eigenvalue weighted by atomic mass is 10.1. The highest BCUT2D eigenvalue weighted by Crippen LogP contribution is 2.17. The summed E-state index contributed by atoms with van der Waals surface area (Å²) in [4.78, 5) is 4.07. The minimum atomic E-state index is 0.145. The fraction of sp³-hybridized carbons (Fsp3) is 0.0909. The van der Waals surface area contributed by atoms with Crippen LogP contribution >= 0.6 is 0 Å². The second-order valence-corrected chi connectivity index (χ2v) is 3.09. The van der Waals surface area contributed by atoms with Gasteiger partial charge in [0.05, 0.1) is 17.7 Å². The maximum Gasteiger partial charge on any atom is 0.159 e. The first-order valence-corrected chi connectivity index (χ1v) is 4.60. The van der Waals surface area contributed by atoms with Gasteiger partial charge in [-0.25, -0.2) is 9.67 Å². The van der Waals surface area contributed by atoms with Crippen LogP contribution in [0.2, 0.25) is 0 Å². The van der Waals surface area contributed by atoms with Crippen molar-refractivity contribution in [3.63, 3.8) is 0 Å². The molecule has 1 aromatic carbocycles. The smallest absolute Gasteiger partial charge is 0.159 e. The molecular formula is C11H7N5. The van der Waals surface area contributed by atoms with E-state index in [0.29, 0.717) is 11.4 Å². The number of hydrogen-bond acceptors (Lipinski definition) is 4. The van der Waals surface area contributed by atoms with E-state index in [1.165, 1.54) is 11.0 Å². The molecule has 0 aliphatic rings. The lowest BCUT2D eigenvalue weighted by Crippen LogP contribution is -2.00. The van der Waals surface area contributed by atoms with E-state index in [1.807, 2.05) is 12.1 Å². The van der Waals surface area contributed by atoms with Gasteiger partial charge in [0.1, 0.15) is 12.9 Å². The van der Waals surface area contributed by atoms with Crippen LogP contribution < -0.4 is 0 Å². The third-order valence-corrected chi connectivity index (χ3v) is 2.09. The van der Waals surface area contributed by atoms with Gasteiger partial charge < -0.3 is 0 Å². The topological polar surface area (TPSA) is 78.3 Å². The minimum Gasteiger partial charge on any atom is -0.231 e. The number of nitrogens with zero attached hydrogens (tertiary/aromatic N) is 5. The molecular weight excluding hydrogens is 202 g/mol. The highest BCUT2D eigenvalue weighted by molar-refractivity contribution is 5.57. The van der Waals surface area contributed by atoms with Crippen molar-refractivity contribution in [2.45, 2.75) is 6.54 Å². The molecule has 0 aliphatic carbocycles. The number of hydrogen-bond donors (Lipinski definition) is 0. The van der Waals surface area contributed by atoms with Crippen molar-refractivity contribution < 1.29 is 0 Å². The van der Waals surface area contributed by atoms with E-state index >= 15 is 0 Å². The van der Waals surface area contributed by atoms with Gasteiger partial charge in [-0.2, -0.15) is 15.6 Å². The molecule has 5 nitrogen and oxygen atoms in total. The maximum absolute atomic E-state index is 8.79. The van der Waals surface area contributed by atoms with Crippen molar-refractivity contribution in [1.82, 2.24) is 14.8 Å². The van der Waals surface area contributed by atoms with Gasteiger partial charge in [-0.3, -0.25) is 0 Å². The number of aromatic nitrogens is 3. The summed E-state index contributed by atoms with van der Waals surface area (Å²) in [6, 6.07) is 11.1. The molecule has 0 unspecified atom stereocenters. The first-order chi connectivity index (χ1) is 7.85. The molecule has 0 saturated heterocycles. The van der Waals surface area contributed by atoms with Crippen molar-refractivity contribution in [3.05, 3.63) is 36.2 Å². The van der Waals surface area contributed by atoms with Gasteiger partial charge in [-0.1, -0.05) is 12.1 Å². The van der Waals surface area contributed by atoms with Gasteiger partial charge in [0.15, 0.2) is 5.82 Å². The minimum absolute atomic E-state index is 0.145. The Hall–Kier alpha value is -2.66. The molecule has 1 heterocycles. The largest absolute Gasteiger partial charge is 0.231 e. The van der Waals surface area contributed by atoms with Gasteiger partial charge in [-0.15, -0.1) is 0 Å². The number of benzene rings is 1. The van der Waals surface area contributed by atoms with Crippen LogP contribution in [0.1, 0.15) is 5.56 Å². The van der Waals surface area contributed by atoms with Crippen LogP contribution in [-0.4, -0.2) is 14.8 Å². The Bertz CT molecular complexity index is 585. The predicted molar refractivity (Wildman–Crippen MR) is 55.8 cm³/mol. The molecule has 0 bridgehead atoms. The van der Waals surface area contributed by atoms with Crippen LogP contribution in [0.3, 0.4) is 0 Å². The Kier molecular flexibility index (Phi) is 2.62. The highest BCUT2D eigenvalue weighted by atomic mass is 15.3. The Labute approximate surface area is 92.2 Å². The fourth-order valence-corrected chi connectivity index (χ4v) is 1.40. The molecule has 0 N–H and O–H groups in total. The average molecular weight is 209 g/mol. The third-order valence-electron chi connectivity index (χ3n) is 2.09. The van der Waals surface area contributed by atoms with E-state index in [1.54, 1.807) is 18.2 Å². The van der Waals surface area contributed by atoms with Crippen molar-refractivity contribution in [3.8, 4) is 23.5 Å². The van der Waals surface area contributed by atoms with E-state index < -0.39 is 0 Å². The maximum atomic E-state index is 8.79. The van der Waals surface area contributed by atoms with E-state index in [9.17, 15) is 0 Å². The molecule has 16 heavy (non-hydrogen) atoms. The molecule has 0 spiro atoms. The van der Waals surface area contributed by atoms with Gasteiger partial charge in [0.2, 0.25) is 0 Å². The molecule has 0 atom stereocenters. The quantitative estimate of drug-likeness (QED) is 0.747. The van der Waals surface area contributed by atoms with Crippen LogP contribution in [0.15, 0.2) is 30.6 Å². The van der Waals surface area contributed by atoms with Crippen LogP contribution in [0.5, 0.6) is 0 Å². The summed E-state index contributed by atoms with van der Waals surface area (Å²) < 4.78 is 1.50. The molecule has 0 saturated carbocycles. The molecule has 76 valence electrons. The standard InChI is InChI=1S/C11H7N5/c12-4-5-16-11(14-8-15-16)10-3-1-2-9(6-10)7-13/h1-3,6,8H,5H2. The van der Waals surface area contributed by atoms with Crippen molar-refractivity contribution in [2.75, 3.05) is 0 Å². The first-order valence-electron chi connectivity index (χ1n) is 4.60. The van der Waals surface area contributed by atoms with E-state index in [4.69, 9.17) is 10.5 Å². The summed E-state index contributed by atoms with van der Waals surface area (Å²) in [5, 5.41) is 21.3. The Morgan fingerprint density at radius 3 is 2.94 bits per heavy atom. The summed E-state index contributed by atoms with van der Waals surface area (Å²) in [6.07, 6.45) is 1.39. The summed E-state index contributed by atoms with van der Waals surface area (Å²) in [5.74, 6) is 0.596. The lowest BCUT2D eigenvalue weighted by Gasteiger charge is -2.01. The van der Waals surface area contributed by atoms with Crippen LogP contribution in [0.25, 0.3) is 11.4 Å². The Morgan fingerprint density at radius 1 is 1.31 bits per heavy atom. The Morgan fingerprint density at radius 2 is 2.19 bits per heavy atom. The van der Waals surface area contributed by atoms with Crippen molar-refractivity contribution >= 4 is 0 Å². The van der Waals surface area contributed by atoms with E-state index in [0.717, 1.165) is 5.56 Å². The van der Waals surface area contributed by atoms with Crippen molar-refractivity contribution in [2.24, 2.45) is 0 Å². The molecule has 5 heteroatoms. The SMILES string of the molecule is N#CCn1ncnc1-c1cccc(C#N)c1. The van der Waals surface area contributed by atoms with Gasteiger partial charge in [-0.05, 0) is 12.1 Å². The normalized spacial score (nSPS) is 9.38. The van der Waals surface area contributed by atoms with Crippen LogP contribution in [0.4, 0.5) is 0 Å². The molecule has 2 rings (SSSR count). The zero-order valence-corrected chi connectivity index (χ0v) is 8.33. The van der Waals surface area contributed by atoms with E-state index in [-0.39, 0.29) is 6.54 Å². The first kappa shape index (κ1) is 9.88. The second-order valence-electron chi connectivity index (χ2n) is 3.09. The average Bonchev–Trinajstić information content (AvgIpc) is 2.78. The predicted octanol–water partition coefficient (Wildman–Crippen LogP) is 1.34. The molecule has 2 aromatic rings. The van der Waals surface area contributed by atoms with Crippen LogP contribution in [-0.2, 0) is 6.54 Å². The zero-order chi connectivity index (χ0) is 11.4. The van der Waals surface area contributed by atoms with E-state index in [2.05, 4.69) is 16.2 Å². The summed E-state index contributed by atoms with van der Waals surface area (Å²) in [6.45, 7) is 0.145. The molecule has 0 aliphatic heterocycles. The van der Waals surface area contributed by atoms with Gasteiger partial charge >= 0.3 is 0 Å². The van der Waals surface area contributed by atoms with Gasteiger partial charge in [0.25, 0.3) is 0 Å². The zero-order valence-electron chi connectivity index (χ0n) is 8.33. The van der Waals surface area contributed by atoms with Crippen molar-refractivity contribution in [1.29, 1.82) is 10.5 Å². The monoisotopic (exact) mass is 209 g/mol. The number of nitriles is 2. The lowest BCUT2D eigenvalue weighted by molar-refractivity contribution is 0.716. The second kappa shape index (κ2) is 4.24. The molecule has 0 radical (unpaired) electrons. The molecule has 1 aromatic heterocycles. The fourth-order valence-electron chi connectivity index (χ4n) is 1.40. The summed E-state index contributed by atoms with van der Waals surface area (Å²) in [7, 11) is 0.